The highest BCUT2D eigenvalue weighted by molar-refractivity contribution is 5.98. The van der Waals surface area contributed by atoms with Crippen LogP contribution in [0.4, 0.5) is 0 Å². The monoisotopic (exact) mass is 322 g/mol. The second kappa shape index (κ2) is 5.23. The summed E-state index contributed by atoms with van der Waals surface area (Å²) in [4.78, 5) is 20.2. The summed E-state index contributed by atoms with van der Waals surface area (Å²) in [6.45, 7) is 7.48. The maximum Gasteiger partial charge on any atom is 0.268 e. The summed E-state index contributed by atoms with van der Waals surface area (Å²) in [6.07, 6.45) is 4.63. The maximum atomic E-state index is 12.6. The zero-order valence-electron chi connectivity index (χ0n) is 14.3. The van der Waals surface area contributed by atoms with Gasteiger partial charge in [-0.25, -0.2) is 4.98 Å². The lowest BCUT2D eigenvalue weighted by atomic mass is 9.86. The summed E-state index contributed by atoms with van der Waals surface area (Å²) < 4.78 is 2.09. The van der Waals surface area contributed by atoms with Crippen molar-refractivity contribution < 1.29 is 4.79 Å². The molecule has 0 radical (unpaired) electrons. The van der Waals surface area contributed by atoms with E-state index in [-0.39, 0.29) is 17.4 Å². The molecular weight excluding hydrogens is 300 g/mol. The van der Waals surface area contributed by atoms with E-state index >= 15 is 0 Å². The number of aromatic amines is 1. The van der Waals surface area contributed by atoms with Gasteiger partial charge in [-0.15, -0.1) is 0 Å². The van der Waals surface area contributed by atoms with Crippen LogP contribution in [0.5, 0.6) is 0 Å². The standard InChI is InChI=1S/C19H22N4O/c1-19(2,3)13-4-5-14-12(10-13)11-16(21-14)18(24)22-15-6-8-23-9-7-20-17(15)23/h4-5,7,9-11,15,21H,6,8H2,1-3H3,(H,22,24). The molecule has 2 N–H and O–H groups in total. The Morgan fingerprint density at radius 2 is 2.17 bits per heavy atom. The lowest BCUT2D eigenvalue weighted by molar-refractivity contribution is 0.0931. The Hall–Kier alpha value is -2.56. The molecule has 5 heteroatoms. The van der Waals surface area contributed by atoms with Crippen molar-refractivity contribution in [3.05, 3.63) is 53.7 Å². The fourth-order valence-corrected chi connectivity index (χ4v) is 3.31. The Morgan fingerprint density at radius 1 is 1.33 bits per heavy atom. The molecule has 3 heterocycles. The van der Waals surface area contributed by atoms with Crippen LogP contribution in [0.3, 0.4) is 0 Å². The number of imidazole rings is 1. The number of carbonyl (C=O) groups excluding carboxylic acids is 1. The average Bonchev–Trinajstić information content (AvgIpc) is 3.21. The number of benzene rings is 1. The van der Waals surface area contributed by atoms with Gasteiger partial charge < -0.3 is 14.9 Å². The van der Waals surface area contributed by atoms with Crippen LogP contribution in [0.15, 0.2) is 36.7 Å². The highest BCUT2D eigenvalue weighted by atomic mass is 16.2. The molecule has 124 valence electrons. The predicted octanol–water partition coefficient (Wildman–Crippen LogP) is 3.54. The van der Waals surface area contributed by atoms with Crippen molar-refractivity contribution in [3.63, 3.8) is 0 Å². The number of carbonyl (C=O) groups is 1. The van der Waals surface area contributed by atoms with Gasteiger partial charge in [-0.1, -0.05) is 26.8 Å². The largest absolute Gasteiger partial charge is 0.351 e. The molecule has 4 rings (SSSR count). The van der Waals surface area contributed by atoms with Gasteiger partial charge in [0.1, 0.15) is 11.5 Å². The fraction of sp³-hybridized carbons (Fsp3) is 0.368. The van der Waals surface area contributed by atoms with Crippen LogP contribution < -0.4 is 5.32 Å². The van der Waals surface area contributed by atoms with Gasteiger partial charge in [-0.2, -0.15) is 0 Å². The van der Waals surface area contributed by atoms with Crippen molar-refractivity contribution in [1.29, 1.82) is 0 Å². The number of nitrogens with one attached hydrogen (secondary N) is 2. The zero-order valence-corrected chi connectivity index (χ0v) is 14.3. The number of fused-ring (bicyclic) bond motifs is 2. The number of amides is 1. The topological polar surface area (TPSA) is 62.7 Å². The summed E-state index contributed by atoms with van der Waals surface area (Å²) >= 11 is 0. The summed E-state index contributed by atoms with van der Waals surface area (Å²) in [5, 5.41) is 4.16. The molecule has 1 atom stereocenters. The van der Waals surface area contributed by atoms with Crippen LogP contribution >= 0.6 is 0 Å². The van der Waals surface area contributed by atoms with Gasteiger partial charge in [0.15, 0.2) is 0 Å². The molecule has 2 aromatic heterocycles. The first-order chi connectivity index (χ1) is 11.4. The number of H-pyrrole nitrogens is 1. The highest BCUT2D eigenvalue weighted by Gasteiger charge is 2.26. The molecule has 0 saturated heterocycles. The van der Waals surface area contributed by atoms with E-state index in [4.69, 9.17) is 0 Å². The number of nitrogens with zero attached hydrogens (tertiary/aromatic N) is 2. The molecule has 0 bridgehead atoms. The lowest BCUT2D eigenvalue weighted by Gasteiger charge is -2.18. The number of hydrogen-bond acceptors (Lipinski definition) is 2. The molecule has 0 saturated carbocycles. The third kappa shape index (κ3) is 2.50. The van der Waals surface area contributed by atoms with E-state index in [0.29, 0.717) is 5.69 Å². The van der Waals surface area contributed by atoms with Gasteiger partial charge in [-0.3, -0.25) is 4.79 Å². The lowest BCUT2D eigenvalue weighted by Crippen LogP contribution is -2.27. The number of aryl methyl sites for hydroxylation is 1. The molecule has 0 fully saturated rings. The van der Waals surface area contributed by atoms with E-state index in [9.17, 15) is 4.79 Å². The second-order valence-electron chi connectivity index (χ2n) is 7.53. The molecule has 1 aliphatic heterocycles. The van der Waals surface area contributed by atoms with Crippen molar-refractivity contribution in [1.82, 2.24) is 19.9 Å². The van der Waals surface area contributed by atoms with E-state index in [1.165, 1.54) is 5.56 Å². The second-order valence-corrected chi connectivity index (χ2v) is 7.53. The predicted molar refractivity (Wildman–Crippen MR) is 94.0 cm³/mol. The van der Waals surface area contributed by atoms with Gasteiger partial charge >= 0.3 is 0 Å². The van der Waals surface area contributed by atoms with Crippen LogP contribution in [0.2, 0.25) is 0 Å². The minimum atomic E-state index is -0.0787. The van der Waals surface area contributed by atoms with Crippen molar-refractivity contribution in [2.45, 2.75) is 45.2 Å². The zero-order chi connectivity index (χ0) is 16.9. The first-order valence-corrected chi connectivity index (χ1v) is 8.37. The quantitative estimate of drug-likeness (QED) is 0.758. The first kappa shape index (κ1) is 15.0. The minimum Gasteiger partial charge on any atom is -0.351 e. The molecule has 0 spiro atoms. The smallest absolute Gasteiger partial charge is 0.268 e. The highest BCUT2D eigenvalue weighted by Crippen LogP contribution is 2.27. The van der Waals surface area contributed by atoms with Gasteiger partial charge in [0, 0.05) is 29.8 Å². The van der Waals surface area contributed by atoms with Gasteiger partial charge in [0.2, 0.25) is 0 Å². The van der Waals surface area contributed by atoms with E-state index in [2.05, 4.69) is 58.8 Å². The van der Waals surface area contributed by atoms with Crippen LogP contribution in [-0.2, 0) is 12.0 Å². The molecule has 3 aromatic rings. The minimum absolute atomic E-state index is 0.0101. The van der Waals surface area contributed by atoms with E-state index in [1.807, 2.05) is 12.3 Å². The van der Waals surface area contributed by atoms with Crippen molar-refractivity contribution in [2.75, 3.05) is 0 Å². The Balaban J connectivity index is 1.59. The van der Waals surface area contributed by atoms with Crippen LogP contribution in [0, 0.1) is 0 Å². The summed E-state index contributed by atoms with van der Waals surface area (Å²) in [5.74, 6) is 0.861. The molecule has 5 nitrogen and oxygen atoms in total. The Bertz CT molecular complexity index is 913. The summed E-state index contributed by atoms with van der Waals surface area (Å²) in [7, 11) is 0. The normalized spacial score (nSPS) is 17.2. The van der Waals surface area contributed by atoms with Crippen molar-refractivity contribution >= 4 is 16.8 Å². The Kier molecular flexibility index (Phi) is 3.27. The number of aromatic nitrogens is 3. The van der Waals surface area contributed by atoms with Gasteiger partial charge in [-0.05, 0) is 35.6 Å². The Labute approximate surface area is 141 Å². The summed E-state index contributed by atoms with van der Waals surface area (Å²) in [5.41, 5.74) is 2.94. The average molecular weight is 322 g/mol. The molecule has 1 amide bonds. The van der Waals surface area contributed by atoms with Crippen molar-refractivity contribution in [3.8, 4) is 0 Å². The van der Waals surface area contributed by atoms with E-state index < -0.39 is 0 Å². The SMILES string of the molecule is CC(C)(C)c1ccc2[nH]c(C(=O)NC3CCn4ccnc43)cc2c1. The van der Waals surface area contributed by atoms with Crippen LogP contribution in [0.1, 0.15) is 55.1 Å². The van der Waals surface area contributed by atoms with E-state index in [1.54, 1.807) is 6.20 Å². The van der Waals surface area contributed by atoms with Gasteiger partial charge in [0.05, 0.1) is 6.04 Å². The van der Waals surface area contributed by atoms with Crippen LogP contribution in [-0.4, -0.2) is 20.4 Å². The fourth-order valence-electron chi connectivity index (χ4n) is 3.31. The number of hydrogen-bond donors (Lipinski definition) is 2. The summed E-state index contributed by atoms with van der Waals surface area (Å²) in [6, 6.07) is 8.25. The molecule has 1 aromatic carbocycles. The number of rotatable bonds is 2. The first-order valence-electron chi connectivity index (χ1n) is 8.37. The molecule has 1 unspecified atom stereocenters. The van der Waals surface area contributed by atoms with Gasteiger partial charge in [0.25, 0.3) is 5.91 Å². The molecule has 0 aliphatic carbocycles. The maximum absolute atomic E-state index is 12.6. The molecule has 1 aliphatic rings. The molecule has 24 heavy (non-hydrogen) atoms. The third-order valence-corrected chi connectivity index (χ3v) is 4.75. The van der Waals surface area contributed by atoms with Crippen molar-refractivity contribution in [2.24, 2.45) is 0 Å². The van der Waals surface area contributed by atoms with E-state index in [0.717, 1.165) is 29.7 Å². The molecular formula is C19H22N4O. The van der Waals surface area contributed by atoms with Crippen LogP contribution in [0.25, 0.3) is 10.9 Å². The Morgan fingerprint density at radius 3 is 2.96 bits per heavy atom. The third-order valence-electron chi connectivity index (χ3n) is 4.75.